The Bertz CT molecular complexity index is 933. The van der Waals surface area contributed by atoms with Crippen molar-refractivity contribution >= 4 is 11.7 Å². The molecule has 0 fully saturated rings. The van der Waals surface area contributed by atoms with Gasteiger partial charge in [-0.25, -0.2) is 9.78 Å². The van der Waals surface area contributed by atoms with Crippen LogP contribution in [-0.4, -0.2) is 25.6 Å². The van der Waals surface area contributed by atoms with Crippen molar-refractivity contribution in [3.8, 4) is 0 Å². The molecule has 0 aliphatic rings. The SMILES string of the molecule is O=C(O)c1ccccc1Cn1ccnc1Cc1cccc([N+](=O)[O-])c1. The number of aromatic carboxylic acids is 1. The third-order valence-electron chi connectivity index (χ3n) is 3.87. The molecule has 7 heteroatoms. The van der Waals surface area contributed by atoms with Crippen LogP contribution in [0.3, 0.4) is 0 Å². The molecule has 0 atom stereocenters. The van der Waals surface area contributed by atoms with Crippen molar-refractivity contribution in [1.29, 1.82) is 0 Å². The molecule has 1 aromatic heterocycles. The van der Waals surface area contributed by atoms with Crippen molar-refractivity contribution < 1.29 is 14.8 Å². The van der Waals surface area contributed by atoms with Crippen molar-refractivity contribution in [3.05, 3.63) is 93.6 Å². The summed E-state index contributed by atoms with van der Waals surface area (Å²) in [6.45, 7) is 0.368. The zero-order valence-corrected chi connectivity index (χ0v) is 13.2. The second-order valence-corrected chi connectivity index (χ2v) is 5.54. The molecule has 1 heterocycles. The third kappa shape index (κ3) is 3.72. The predicted molar refractivity (Wildman–Crippen MR) is 90.6 cm³/mol. The first kappa shape index (κ1) is 16.4. The van der Waals surface area contributed by atoms with Gasteiger partial charge in [-0.3, -0.25) is 10.1 Å². The maximum absolute atomic E-state index is 11.3. The van der Waals surface area contributed by atoms with Gasteiger partial charge in [0.1, 0.15) is 5.82 Å². The van der Waals surface area contributed by atoms with Gasteiger partial charge in [0, 0.05) is 37.5 Å². The molecule has 0 radical (unpaired) electrons. The van der Waals surface area contributed by atoms with Gasteiger partial charge in [-0.1, -0.05) is 30.3 Å². The Morgan fingerprint density at radius 2 is 2.00 bits per heavy atom. The van der Waals surface area contributed by atoms with E-state index in [4.69, 9.17) is 0 Å². The van der Waals surface area contributed by atoms with Crippen molar-refractivity contribution in [3.63, 3.8) is 0 Å². The minimum atomic E-state index is -0.976. The first-order valence-corrected chi connectivity index (χ1v) is 7.59. The molecule has 7 nitrogen and oxygen atoms in total. The van der Waals surface area contributed by atoms with Gasteiger partial charge in [0.05, 0.1) is 10.5 Å². The van der Waals surface area contributed by atoms with Gasteiger partial charge in [0.2, 0.25) is 0 Å². The number of aromatic nitrogens is 2. The lowest BCUT2D eigenvalue weighted by Gasteiger charge is -2.10. The lowest BCUT2D eigenvalue weighted by molar-refractivity contribution is -0.384. The molecule has 0 saturated carbocycles. The maximum atomic E-state index is 11.3. The molecule has 1 N–H and O–H groups in total. The highest BCUT2D eigenvalue weighted by molar-refractivity contribution is 5.89. The predicted octanol–water partition coefficient (Wildman–Crippen LogP) is 3.13. The van der Waals surface area contributed by atoms with Gasteiger partial charge in [-0.2, -0.15) is 0 Å². The quantitative estimate of drug-likeness (QED) is 0.550. The summed E-state index contributed by atoms with van der Waals surface area (Å²) < 4.78 is 1.85. The average molecular weight is 337 g/mol. The number of benzene rings is 2. The summed E-state index contributed by atoms with van der Waals surface area (Å²) in [6.07, 6.45) is 3.82. The molecule has 0 saturated heterocycles. The van der Waals surface area contributed by atoms with Crippen LogP contribution in [0.15, 0.2) is 60.9 Å². The molecule has 2 aromatic carbocycles. The van der Waals surface area contributed by atoms with Crippen LogP contribution in [0.1, 0.15) is 27.3 Å². The second-order valence-electron chi connectivity index (χ2n) is 5.54. The zero-order valence-electron chi connectivity index (χ0n) is 13.2. The Kier molecular flexibility index (Phi) is 4.56. The first-order valence-electron chi connectivity index (χ1n) is 7.59. The minimum Gasteiger partial charge on any atom is -0.478 e. The van der Waals surface area contributed by atoms with Crippen LogP contribution in [0.4, 0.5) is 5.69 Å². The maximum Gasteiger partial charge on any atom is 0.336 e. The summed E-state index contributed by atoms with van der Waals surface area (Å²) in [6, 6.07) is 13.2. The van der Waals surface area contributed by atoms with Gasteiger partial charge in [-0.05, 0) is 17.2 Å². The van der Waals surface area contributed by atoms with Crippen LogP contribution in [0.25, 0.3) is 0 Å². The summed E-state index contributed by atoms with van der Waals surface area (Å²) in [5.41, 5.74) is 1.73. The molecule has 0 amide bonds. The number of imidazole rings is 1. The Labute approximate surface area is 143 Å². The topological polar surface area (TPSA) is 98.3 Å². The molecule has 0 aliphatic carbocycles. The van der Waals surface area contributed by atoms with E-state index in [1.54, 1.807) is 48.8 Å². The number of nitrogens with zero attached hydrogens (tertiary/aromatic N) is 3. The van der Waals surface area contributed by atoms with E-state index in [1.165, 1.54) is 12.1 Å². The third-order valence-corrected chi connectivity index (χ3v) is 3.87. The van der Waals surface area contributed by atoms with Gasteiger partial charge >= 0.3 is 5.97 Å². The van der Waals surface area contributed by atoms with Crippen LogP contribution < -0.4 is 0 Å². The van der Waals surface area contributed by atoms with Gasteiger partial charge in [0.15, 0.2) is 0 Å². The van der Waals surface area contributed by atoms with E-state index in [2.05, 4.69) is 4.98 Å². The zero-order chi connectivity index (χ0) is 17.8. The van der Waals surface area contributed by atoms with Crippen LogP contribution in [0.5, 0.6) is 0 Å². The molecular weight excluding hydrogens is 322 g/mol. The second kappa shape index (κ2) is 6.96. The number of carbonyl (C=O) groups is 1. The van der Waals surface area contributed by atoms with E-state index >= 15 is 0 Å². The summed E-state index contributed by atoms with van der Waals surface area (Å²) in [7, 11) is 0. The molecule has 0 bridgehead atoms. The Morgan fingerprint density at radius 3 is 2.76 bits per heavy atom. The Balaban J connectivity index is 1.86. The minimum absolute atomic E-state index is 0.0341. The van der Waals surface area contributed by atoms with Crippen LogP contribution in [-0.2, 0) is 13.0 Å². The van der Waals surface area contributed by atoms with E-state index in [0.29, 0.717) is 24.4 Å². The van der Waals surface area contributed by atoms with Crippen LogP contribution >= 0.6 is 0 Å². The fourth-order valence-corrected chi connectivity index (χ4v) is 2.66. The molecule has 0 unspecified atom stereocenters. The normalized spacial score (nSPS) is 10.6. The summed E-state index contributed by atoms with van der Waals surface area (Å²) in [5.74, 6) is -0.267. The van der Waals surface area contributed by atoms with Crippen LogP contribution in [0, 0.1) is 10.1 Å². The number of rotatable bonds is 6. The van der Waals surface area contributed by atoms with Crippen LogP contribution in [0.2, 0.25) is 0 Å². The van der Waals surface area contributed by atoms with Gasteiger partial charge < -0.3 is 9.67 Å². The highest BCUT2D eigenvalue weighted by Crippen LogP contribution is 2.17. The molecule has 25 heavy (non-hydrogen) atoms. The van der Waals surface area contributed by atoms with E-state index in [-0.39, 0.29) is 11.3 Å². The van der Waals surface area contributed by atoms with E-state index in [9.17, 15) is 20.0 Å². The Morgan fingerprint density at radius 1 is 1.20 bits per heavy atom. The largest absolute Gasteiger partial charge is 0.478 e. The number of nitro groups is 1. The smallest absolute Gasteiger partial charge is 0.336 e. The monoisotopic (exact) mass is 337 g/mol. The van der Waals surface area contributed by atoms with E-state index in [1.807, 2.05) is 4.57 Å². The molecule has 3 rings (SSSR count). The van der Waals surface area contributed by atoms with E-state index < -0.39 is 10.9 Å². The summed E-state index contributed by atoms with van der Waals surface area (Å²) in [4.78, 5) is 26.1. The summed E-state index contributed by atoms with van der Waals surface area (Å²) >= 11 is 0. The number of non-ortho nitro benzene ring substituents is 1. The van der Waals surface area contributed by atoms with Crippen molar-refractivity contribution in [2.75, 3.05) is 0 Å². The number of hydrogen-bond donors (Lipinski definition) is 1. The number of carboxylic acids is 1. The average Bonchev–Trinajstić information content (AvgIpc) is 3.02. The standard InChI is InChI=1S/C18H15N3O4/c22-18(23)16-7-2-1-5-14(16)12-20-9-8-19-17(20)11-13-4-3-6-15(10-13)21(24)25/h1-10H,11-12H2,(H,22,23). The molecule has 0 spiro atoms. The van der Waals surface area contributed by atoms with E-state index in [0.717, 1.165) is 5.56 Å². The number of carboxylic acid groups (broad SMARTS) is 1. The highest BCUT2D eigenvalue weighted by atomic mass is 16.6. The van der Waals surface area contributed by atoms with Crippen molar-refractivity contribution in [2.45, 2.75) is 13.0 Å². The van der Waals surface area contributed by atoms with Crippen molar-refractivity contribution in [2.24, 2.45) is 0 Å². The highest BCUT2D eigenvalue weighted by Gasteiger charge is 2.12. The Hall–Kier alpha value is -3.48. The molecule has 0 aliphatic heterocycles. The van der Waals surface area contributed by atoms with Gasteiger partial charge in [0.25, 0.3) is 5.69 Å². The lowest BCUT2D eigenvalue weighted by Crippen LogP contribution is -2.09. The van der Waals surface area contributed by atoms with Gasteiger partial charge in [-0.15, -0.1) is 0 Å². The molecule has 126 valence electrons. The number of nitro benzene ring substituents is 1. The summed E-state index contributed by atoms with van der Waals surface area (Å²) in [5, 5.41) is 20.2. The first-order chi connectivity index (χ1) is 12.0. The fraction of sp³-hybridized carbons (Fsp3) is 0.111. The van der Waals surface area contributed by atoms with Crippen molar-refractivity contribution in [1.82, 2.24) is 9.55 Å². The fourth-order valence-electron chi connectivity index (χ4n) is 2.66. The lowest BCUT2D eigenvalue weighted by atomic mass is 10.1. The number of hydrogen-bond acceptors (Lipinski definition) is 4. The molecule has 3 aromatic rings. The molecular formula is C18H15N3O4.